The summed E-state index contributed by atoms with van der Waals surface area (Å²) in [4.78, 5) is 1.93. The van der Waals surface area contributed by atoms with Crippen LogP contribution in [0.4, 0.5) is 5.69 Å². The molecule has 0 radical (unpaired) electrons. The number of halogens is 2. The molecule has 4 nitrogen and oxygen atoms in total. The van der Waals surface area contributed by atoms with E-state index >= 15 is 0 Å². The van der Waals surface area contributed by atoms with Gasteiger partial charge in [-0.3, -0.25) is 0 Å². The molecule has 0 atom stereocenters. The van der Waals surface area contributed by atoms with Gasteiger partial charge in [0, 0.05) is 35.7 Å². The molecule has 0 aromatic heterocycles. The highest BCUT2D eigenvalue weighted by atomic mass is 35.5. The van der Waals surface area contributed by atoms with Crippen molar-refractivity contribution in [2.45, 2.75) is 12.7 Å². The van der Waals surface area contributed by atoms with Gasteiger partial charge in [0.15, 0.2) is 11.4 Å². The Morgan fingerprint density at radius 1 is 1.30 bits per heavy atom. The lowest BCUT2D eigenvalue weighted by Gasteiger charge is -2.22. The average molecular weight is 335 g/mol. The van der Waals surface area contributed by atoms with E-state index in [4.69, 9.17) is 44.9 Å². The third-order valence-electron chi connectivity index (χ3n) is 2.85. The van der Waals surface area contributed by atoms with Gasteiger partial charge in [0.1, 0.15) is 0 Å². The van der Waals surface area contributed by atoms with Crippen molar-refractivity contribution in [3.63, 3.8) is 0 Å². The predicted octanol–water partition coefficient (Wildman–Crippen LogP) is 3.39. The second-order valence-electron chi connectivity index (χ2n) is 4.47. The third-order valence-corrected chi connectivity index (χ3v) is 3.70. The maximum Gasteiger partial charge on any atom is 0.173 e. The molecule has 1 N–H and O–H groups in total. The zero-order valence-corrected chi connectivity index (χ0v) is 13.4. The van der Waals surface area contributed by atoms with Crippen molar-refractivity contribution >= 4 is 46.2 Å². The number of hydrogen-bond acceptors (Lipinski definition) is 3. The van der Waals surface area contributed by atoms with E-state index < -0.39 is 0 Å². The van der Waals surface area contributed by atoms with Gasteiger partial charge in [-0.05, 0) is 30.4 Å². The number of anilines is 1. The Bertz CT molecular complexity index is 461. The number of thiocarbonyl (C=S) groups is 1. The molecule has 0 unspecified atom stereocenters. The van der Waals surface area contributed by atoms with E-state index in [1.54, 1.807) is 18.2 Å². The first-order chi connectivity index (χ1) is 9.54. The van der Waals surface area contributed by atoms with Gasteiger partial charge >= 0.3 is 0 Å². The van der Waals surface area contributed by atoms with E-state index in [1.807, 2.05) is 11.9 Å². The second kappa shape index (κ2) is 7.43. The van der Waals surface area contributed by atoms with Crippen molar-refractivity contribution < 1.29 is 9.47 Å². The van der Waals surface area contributed by atoms with Crippen LogP contribution in [0.15, 0.2) is 18.2 Å². The standard InChI is InChI=1S/C13H16Cl2N2O2S/c1-17(3-2-12-18-4-5-19-12)13(20)16-11-7-9(14)6-10(15)8-11/h6-8,12H,2-5H2,1H3,(H,16,20). The molecule has 1 aliphatic rings. The fourth-order valence-electron chi connectivity index (χ4n) is 1.82. The lowest BCUT2D eigenvalue weighted by atomic mass is 10.3. The fraction of sp³-hybridized carbons (Fsp3) is 0.462. The maximum atomic E-state index is 5.95. The van der Waals surface area contributed by atoms with E-state index in [0.29, 0.717) is 28.4 Å². The molecule has 110 valence electrons. The van der Waals surface area contributed by atoms with Crippen molar-refractivity contribution in [2.24, 2.45) is 0 Å². The van der Waals surface area contributed by atoms with Gasteiger partial charge in [-0.15, -0.1) is 0 Å². The summed E-state index contributed by atoms with van der Waals surface area (Å²) in [6.45, 7) is 2.07. The second-order valence-corrected chi connectivity index (χ2v) is 5.73. The van der Waals surface area contributed by atoms with Crippen LogP contribution in [-0.4, -0.2) is 43.1 Å². The van der Waals surface area contributed by atoms with Crippen LogP contribution in [0, 0.1) is 0 Å². The van der Waals surface area contributed by atoms with Crippen LogP contribution >= 0.6 is 35.4 Å². The summed E-state index contributed by atoms with van der Waals surface area (Å²) in [6.07, 6.45) is 0.648. The van der Waals surface area contributed by atoms with Gasteiger partial charge < -0.3 is 19.7 Å². The van der Waals surface area contributed by atoms with Crippen LogP contribution in [0.25, 0.3) is 0 Å². The summed E-state index contributed by atoms with van der Waals surface area (Å²) >= 11 is 17.2. The fourth-order valence-corrected chi connectivity index (χ4v) is 2.55. The molecule has 0 spiro atoms. The smallest absolute Gasteiger partial charge is 0.173 e. The quantitative estimate of drug-likeness (QED) is 0.853. The Balaban J connectivity index is 1.83. The Kier molecular flexibility index (Phi) is 5.86. The third kappa shape index (κ3) is 4.75. The molecule has 0 aliphatic carbocycles. The van der Waals surface area contributed by atoms with E-state index in [-0.39, 0.29) is 6.29 Å². The largest absolute Gasteiger partial charge is 0.352 e. The van der Waals surface area contributed by atoms with E-state index in [0.717, 1.165) is 18.7 Å². The molecule has 0 amide bonds. The maximum absolute atomic E-state index is 5.95. The van der Waals surface area contributed by atoms with Crippen molar-refractivity contribution in [2.75, 3.05) is 32.1 Å². The molecular formula is C13H16Cl2N2O2S. The average Bonchev–Trinajstić information content (AvgIpc) is 2.87. The Morgan fingerprint density at radius 3 is 2.50 bits per heavy atom. The highest BCUT2D eigenvalue weighted by Gasteiger charge is 2.17. The van der Waals surface area contributed by atoms with Crippen molar-refractivity contribution in [1.82, 2.24) is 4.90 Å². The first-order valence-corrected chi connectivity index (χ1v) is 7.42. The number of hydrogen-bond donors (Lipinski definition) is 1. The summed E-state index contributed by atoms with van der Waals surface area (Å²) in [5.74, 6) is 0. The number of rotatable bonds is 4. The van der Waals surface area contributed by atoms with Crippen LogP contribution < -0.4 is 5.32 Å². The number of nitrogens with one attached hydrogen (secondary N) is 1. The SMILES string of the molecule is CN(CCC1OCCO1)C(=S)Nc1cc(Cl)cc(Cl)c1. The van der Waals surface area contributed by atoms with Crippen LogP contribution in [0.2, 0.25) is 10.0 Å². The van der Waals surface area contributed by atoms with Crippen molar-refractivity contribution in [1.29, 1.82) is 0 Å². The minimum atomic E-state index is -0.124. The van der Waals surface area contributed by atoms with Gasteiger partial charge in [0.2, 0.25) is 0 Å². The Morgan fingerprint density at radius 2 is 1.90 bits per heavy atom. The van der Waals surface area contributed by atoms with Crippen LogP contribution in [0.3, 0.4) is 0 Å². The van der Waals surface area contributed by atoms with Gasteiger partial charge in [-0.2, -0.15) is 0 Å². The van der Waals surface area contributed by atoms with Gasteiger partial charge in [-0.1, -0.05) is 23.2 Å². The number of benzene rings is 1. The van der Waals surface area contributed by atoms with Gasteiger partial charge in [-0.25, -0.2) is 0 Å². The minimum absolute atomic E-state index is 0.124. The van der Waals surface area contributed by atoms with Crippen LogP contribution in [0.5, 0.6) is 0 Å². The van der Waals surface area contributed by atoms with Gasteiger partial charge in [0.05, 0.1) is 13.2 Å². The summed E-state index contributed by atoms with van der Waals surface area (Å²) in [5.41, 5.74) is 0.771. The molecule has 1 heterocycles. The summed E-state index contributed by atoms with van der Waals surface area (Å²) in [6, 6.07) is 5.23. The summed E-state index contributed by atoms with van der Waals surface area (Å²) < 4.78 is 10.8. The molecule has 1 aromatic rings. The Hall–Kier alpha value is -0.590. The molecule has 0 saturated carbocycles. The molecule has 20 heavy (non-hydrogen) atoms. The van der Waals surface area contributed by atoms with Crippen molar-refractivity contribution in [3.05, 3.63) is 28.2 Å². The van der Waals surface area contributed by atoms with Crippen LogP contribution in [0.1, 0.15) is 6.42 Å². The predicted molar refractivity (Wildman–Crippen MR) is 85.6 cm³/mol. The minimum Gasteiger partial charge on any atom is -0.352 e. The van der Waals surface area contributed by atoms with Crippen molar-refractivity contribution in [3.8, 4) is 0 Å². The lowest BCUT2D eigenvalue weighted by Crippen LogP contribution is -2.33. The molecule has 2 rings (SSSR count). The molecule has 1 aliphatic heterocycles. The zero-order chi connectivity index (χ0) is 14.5. The van der Waals surface area contributed by atoms with E-state index in [9.17, 15) is 0 Å². The highest BCUT2D eigenvalue weighted by molar-refractivity contribution is 7.80. The molecule has 1 saturated heterocycles. The Labute approximate surface area is 133 Å². The first kappa shape index (κ1) is 15.8. The van der Waals surface area contributed by atoms with Gasteiger partial charge in [0.25, 0.3) is 0 Å². The first-order valence-electron chi connectivity index (χ1n) is 6.26. The topological polar surface area (TPSA) is 33.7 Å². The molecule has 7 heteroatoms. The lowest BCUT2D eigenvalue weighted by molar-refractivity contribution is -0.0483. The number of ether oxygens (including phenoxy) is 2. The molecule has 1 aromatic carbocycles. The highest BCUT2D eigenvalue weighted by Crippen LogP contribution is 2.22. The van der Waals surface area contributed by atoms with E-state index in [2.05, 4.69) is 5.32 Å². The monoisotopic (exact) mass is 334 g/mol. The van der Waals surface area contributed by atoms with E-state index in [1.165, 1.54) is 0 Å². The summed E-state index contributed by atoms with van der Waals surface area (Å²) in [7, 11) is 1.91. The molecule has 1 fully saturated rings. The number of nitrogens with zero attached hydrogens (tertiary/aromatic N) is 1. The molecule has 0 bridgehead atoms. The molecular weight excluding hydrogens is 319 g/mol. The zero-order valence-electron chi connectivity index (χ0n) is 11.1. The van der Waals surface area contributed by atoms with Crippen LogP contribution in [-0.2, 0) is 9.47 Å². The normalized spacial score (nSPS) is 15.3. The summed E-state index contributed by atoms with van der Waals surface area (Å²) in [5, 5.41) is 4.84.